The number of nitrogens with two attached hydrogens (primary N) is 1. The molecular weight excluding hydrogens is 276 g/mol. The fraction of sp³-hybridized carbons (Fsp3) is 0.692. The molecule has 0 aromatic carbocycles. The molecule has 1 aromatic heterocycles. The molecule has 0 saturated heterocycles. The fourth-order valence-corrected chi connectivity index (χ4v) is 2.24. The van der Waals surface area contributed by atoms with Crippen LogP contribution in [0.1, 0.15) is 35.8 Å². The van der Waals surface area contributed by atoms with Crippen LogP contribution in [0.2, 0.25) is 0 Å². The maximum Gasteiger partial charge on any atom is 0.254 e. The van der Waals surface area contributed by atoms with Gasteiger partial charge in [-0.1, -0.05) is 6.92 Å². The van der Waals surface area contributed by atoms with E-state index in [9.17, 15) is 9.00 Å². The SMILES string of the molecule is Cc1c(C(=O)NCCC(C)S(C)=O)cnn1CCCN. The van der Waals surface area contributed by atoms with Gasteiger partial charge >= 0.3 is 0 Å². The maximum atomic E-state index is 12.0. The highest BCUT2D eigenvalue weighted by Crippen LogP contribution is 2.08. The number of aromatic nitrogens is 2. The van der Waals surface area contributed by atoms with Gasteiger partial charge in [-0.3, -0.25) is 13.7 Å². The second-order valence-corrected chi connectivity index (χ2v) is 6.66. The standard InChI is InChI=1S/C13H24N4O2S/c1-10(20(3)19)5-7-15-13(18)12-9-16-17(11(12)2)8-4-6-14/h9-10H,4-8,14H2,1-3H3,(H,15,18). The molecule has 0 radical (unpaired) electrons. The van der Waals surface area contributed by atoms with E-state index in [4.69, 9.17) is 5.73 Å². The molecule has 2 atom stereocenters. The van der Waals surface area contributed by atoms with Crippen LogP contribution in [-0.4, -0.2) is 44.5 Å². The Morgan fingerprint density at radius 2 is 2.30 bits per heavy atom. The van der Waals surface area contributed by atoms with Crippen molar-refractivity contribution in [2.75, 3.05) is 19.3 Å². The second-order valence-electron chi connectivity index (χ2n) is 4.86. The fourth-order valence-electron chi connectivity index (χ4n) is 1.79. The smallest absolute Gasteiger partial charge is 0.254 e. The van der Waals surface area contributed by atoms with Crippen molar-refractivity contribution in [2.45, 2.75) is 38.5 Å². The lowest BCUT2D eigenvalue weighted by molar-refractivity contribution is 0.0952. The average Bonchev–Trinajstić information content (AvgIpc) is 2.77. The van der Waals surface area contributed by atoms with Crippen LogP contribution in [0.25, 0.3) is 0 Å². The van der Waals surface area contributed by atoms with Gasteiger partial charge in [-0.2, -0.15) is 5.10 Å². The number of nitrogens with one attached hydrogen (secondary N) is 1. The summed E-state index contributed by atoms with van der Waals surface area (Å²) < 4.78 is 13.0. The van der Waals surface area contributed by atoms with Crippen LogP contribution in [-0.2, 0) is 17.3 Å². The van der Waals surface area contributed by atoms with Gasteiger partial charge in [-0.25, -0.2) is 0 Å². The van der Waals surface area contributed by atoms with Crippen molar-refractivity contribution in [3.8, 4) is 0 Å². The van der Waals surface area contributed by atoms with Crippen LogP contribution < -0.4 is 11.1 Å². The molecule has 0 bridgehead atoms. The van der Waals surface area contributed by atoms with E-state index in [0.29, 0.717) is 25.1 Å². The van der Waals surface area contributed by atoms with E-state index in [1.165, 1.54) is 0 Å². The Kier molecular flexibility index (Phi) is 6.87. The van der Waals surface area contributed by atoms with Gasteiger partial charge in [0, 0.05) is 41.1 Å². The molecule has 0 fully saturated rings. The van der Waals surface area contributed by atoms with Gasteiger partial charge in [0.2, 0.25) is 0 Å². The number of hydrogen-bond donors (Lipinski definition) is 2. The molecule has 0 aliphatic carbocycles. The van der Waals surface area contributed by atoms with Gasteiger partial charge in [-0.15, -0.1) is 0 Å². The Labute approximate surface area is 122 Å². The normalized spacial score (nSPS) is 14.0. The van der Waals surface area contributed by atoms with Crippen LogP contribution >= 0.6 is 0 Å². The molecule has 0 aliphatic rings. The molecule has 1 amide bonds. The van der Waals surface area contributed by atoms with Gasteiger partial charge < -0.3 is 11.1 Å². The lowest BCUT2D eigenvalue weighted by atomic mass is 10.2. The summed E-state index contributed by atoms with van der Waals surface area (Å²) in [5, 5.41) is 7.13. The highest BCUT2D eigenvalue weighted by Gasteiger charge is 2.14. The number of nitrogens with zero attached hydrogens (tertiary/aromatic N) is 2. The summed E-state index contributed by atoms with van der Waals surface area (Å²) in [6.45, 7) is 5.64. The maximum absolute atomic E-state index is 12.0. The van der Waals surface area contributed by atoms with Crippen LogP contribution in [0, 0.1) is 6.92 Å². The van der Waals surface area contributed by atoms with Crippen molar-refractivity contribution >= 4 is 16.7 Å². The third kappa shape index (κ3) is 4.72. The molecule has 1 heterocycles. The van der Waals surface area contributed by atoms with E-state index in [2.05, 4.69) is 10.4 Å². The first-order valence-corrected chi connectivity index (χ1v) is 8.42. The minimum atomic E-state index is -0.853. The van der Waals surface area contributed by atoms with Crippen molar-refractivity contribution in [3.05, 3.63) is 17.5 Å². The number of carbonyl (C=O) groups excluding carboxylic acids is 1. The summed E-state index contributed by atoms with van der Waals surface area (Å²) in [6.07, 6.45) is 4.80. The number of amides is 1. The summed E-state index contributed by atoms with van der Waals surface area (Å²) in [7, 11) is -0.853. The first-order valence-electron chi connectivity index (χ1n) is 6.80. The van der Waals surface area contributed by atoms with E-state index >= 15 is 0 Å². The minimum Gasteiger partial charge on any atom is -0.352 e. The Hall–Kier alpha value is -1.21. The molecule has 20 heavy (non-hydrogen) atoms. The third-order valence-electron chi connectivity index (χ3n) is 3.32. The quantitative estimate of drug-likeness (QED) is 0.728. The second kappa shape index (κ2) is 8.16. The minimum absolute atomic E-state index is 0.0867. The summed E-state index contributed by atoms with van der Waals surface area (Å²) in [5.74, 6) is -0.129. The summed E-state index contributed by atoms with van der Waals surface area (Å²) in [4.78, 5) is 12.0. The molecular formula is C13H24N4O2S. The van der Waals surface area contributed by atoms with Crippen molar-refractivity contribution < 1.29 is 9.00 Å². The number of aryl methyl sites for hydroxylation is 1. The van der Waals surface area contributed by atoms with Gasteiger partial charge in [0.25, 0.3) is 5.91 Å². The Bertz CT molecular complexity index is 473. The Morgan fingerprint density at radius 3 is 2.90 bits per heavy atom. The molecule has 1 aromatic rings. The zero-order valence-electron chi connectivity index (χ0n) is 12.4. The topological polar surface area (TPSA) is 90.0 Å². The van der Waals surface area contributed by atoms with Gasteiger partial charge in [0.1, 0.15) is 0 Å². The number of carbonyl (C=O) groups is 1. The Balaban J connectivity index is 2.51. The molecule has 0 saturated carbocycles. The summed E-state index contributed by atoms with van der Waals surface area (Å²) >= 11 is 0. The molecule has 2 unspecified atom stereocenters. The predicted octanol–water partition coefficient (Wildman–Crippen LogP) is 0.427. The van der Waals surface area contributed by atoms with E-state index in [0.717, 1.165) is 18.7 Å². The summed E-state index contributed by atoms with van der Waals surface area (Å²) in [5.41, 5.74) is 6.91. The van der Waals surface area contributed by atoms with Crippen molar-refractivity contribution in [1.29, 1.82) is 0 Å². The molecule has 0 aliphatic heterocycles. The lowest BCUT2D eigenvalue weighted by Crippen LogP contribution is -2.27. The Morgan fingerprint density at radius 1 is 1.60 bits per heavy atom. The molecule has 7 heteroatoms. The zero-order valence-corrected chi connectivity index (χ0v) is 13.2. The van der Waals surface area contributed by atoms with Gasteiger partial charge in [0.15, 0.2) is 0 Å². The molecule has 3 N–H and O–H groups in total. The molecule has 114 valence electrons. The van der Waals surface area contributed by atoms with Crippen molar-refractivity contribution in [2.24, 2.45) is 5.73 Å². The molecule has 0 spiro atoms. The number of hydrogen-bond acceptors (Lipinski definition) is 4. The van der Waals surface area contributed by atoms with Crippen LogP contribution in [0.4, 0.5) is 0 Å². The largest absolute Gasteiger partial charge is 0.352 e. The van der Waals surface area contributed by atoms with Gasteiger partial charge in [0.05, 0.1) is 11.8 Å². The zero-order chi connectivity index (χ0) is 15.1. The first kappa shape index (κ1) is 16.8. The lowest BCUT2D eigenvalue weighted by Gasteiger charge is -2.09. The van der Waals surface area contributed by atoms with E-state index in [1.54, 1.807) is 17.1 Å². The summed E-state index contributed by atoms with van der Waals surface area (Å²) in [6, 6.07) is 0. The molecule has 1 rings (SSSR count). The van der Waals surface area contributed by atoms with Crippen LogP contribution in [0.5, 0.6) is 0 Å². The van der Waals surface area contributed by atoms with E-state index in [-0.39, 0.29) is 11.2 Å². The highest BCUT2D eigenvalue weighted by molar-refractivity contribution is 7.84. The number of rotatable bonds is 8. The highest BCUT2D eigenvalue weighted by atomic mass is 32.2. The van der Waals surface area contributed by atoms with Crippen molar-refractivity contribution in [3.63, 3.8) is 0 Å². The van der Waals surface area contributed by atoms with E-state index in [1.807, 2.05) is 13.8 Å². The predicted molar refractivity (Wildman–Crippen MR) is 81.1 cm³/mol. The van der Waals surface area contributed by atoms with Crippen LogP contribution in [0.15, 0.2) is 6.20 Å². The van der Waals surface area contributed by atoms with Gasteiger partial charge in [-0.05, 0) is 26.3 Å². The van der Waals surface area contributed by atoms with E-state index < -0.39 is 10.8 Å². The first-order chi connectivity index (χ1) is 9.47. The average molecular weight is 300 g/mol. The van der Waals surface area contributed by atoms with Crippen molar-refractivity contribution in [1.82, 2.24) is 15.1 Å². The third-order valence-corrected chi connectivity index (χ3v) is 4.69. The molecule has 6 nitrogen and oxygen atoms in total. The monoisotopic (exact) mass is 300 g/mol. The van der Waals surface area contributed by atoms with Crippen LogP contribution in [0.3, 0.4) is 0 Å².